The zero-order valence-corrected chi connectivity index (χ0v) is 8.66. The van der Waals surface area contributed by atoms with Crippen LogP contribution < -0.4 is 0 Å². The average molecular weight is 185 g/mol. The van der Waals surface area contributed by atoms with E-state index >= 15 is 0 Å². The fraction of sp³-hybridized carbons (Fsp3) is 0.900. The highest BCUT2D eigenvalue weighted by Gasteiger charge is 2.31. The monoisotopic (exact) mass is 185 g/mol. The first-order chi connectivity index (χ1) is 6.00. The van der Waals surface area contributed by atoms with Crippen molar-refractivity contribution in [1.29, 1.82) is 0 Å². The summed E-state index contributed by atoms with van der Waals surface area (Å²) in [5.41, 5.74) is 0. The summed E-state index contributed by atoms with van der Waals surface area (Å²) in [5.74, 6) is 0.696. The van der Waals surface area contributed by atoms with E-state index < -0.39 is 6.10 Å². The fourth-order valence-electron chi connectivity index (χ4n) is 1.95. The summed E-state index contributed by atoms with van der Waals surface area (Å²) >= 11 is 0. The van der Waals surface area contributed by atoms with Gasteiger partial charge in [-0.2, -0.15) is 0 Å². The van der Waals surface area contributed by atoms with Crippen molar-refractivity contribution in [3.8, 4) is 0 Å². The molecule has 13 heavy (non-hydrogen) atoms. The minimum absolute atomic E-state index is 0.0978. The van der Waals surface area contributed by atoms with Gasteiger partial charge in [0.15, 0.2) is 0 Å². The Morgan fingerprint density at radius 2 is 2.15 bits per heavy atom. The molecule has 0 aromatic rings. The summed E-state index contributed by atoms with van der Waals surface area (Å²) < 4.78 is 0. The largest absolute Gasteiger partial charge is 0.391 e. The second-order valence-corrected chi connectivity index (χ2v) is 4.38. The van der Waals surface area contributed by atoms with Crippen molar-refractivity contribution < 1.29 is 9.90 Å². The number of β-amino-alcohol motifs (C(OH)–C–C–N with tert-alkyl or cyclic N) is 1. The Morgan fingerprint density at radius 1 is 1.54 bits per heavy atom. The SMILES string of the molecule is CC(C)CC(C)N1CC(O)CC1=O. The molecule has 3 nitrogen and oxygen atoms in total. The van der Waals surface area contributed by atoms with Crippen LogP contribution in [0.1, 0.15) is 33.6 Å². The van der Waals surface area contributed by atoms with E-state index in [0.717, 1.165) is 6.42 Å². The van der Waals surface area contributed by atoms with Crippen LogP contribution in [0.15, 0.2) is 0 Å². The summed E-state index contributed by atoms with van der Waals surface area (Å²) in [4.78, 5) is 13.2. The molecule has 0 aromatic carbocycles. The lowest BCUT2D eigenvalue weighted by molar-refractivity contribution is -0.129. The molecule has 76 valence electrons. The first kappa shape index (κ1) is 10.5. The van der Waals surface area contributed by atoms with Gasteiger partial charge in [0.25, 0.3) is 0 Å². The van der Waals surface area contributed by atoms with Gasteiger partial charge >= 0.3 is 0 Å². The molecular formula is C10H19NO2. The van der Waals surface area contributed by atoms with Crippen molar-refractivity contribution in [3.63, 3.8) is 0 Å². The Hall–Kier alpha value is -0.570. The predicted octanol–water partition coefficient (Wildman–Crippen LogP) is 1.01. The van der Waals surface area contributed by atoms with Gasteiger partial charge in [-0.15, -0.1) is 0 Å². The minimum atomic E-state index is -0.442. The number of amides is 1. The van der Waals surface area contributed by atoms with Crippen molar-refractivity contribution in [2.24, 2.45) is 5.92 Å². The Morgan fingerprint density at radius 3 is 2.54 bits per heavy atom. The highest BCUT2D eigenvalue weighted by molar-refractivity contribution is 5.79. The number of aliphatic hydroxyl groups is 1. The van der Waals surface area contributed by atoms with Crippen LogP contribution >= 0.6 is 0 Å². The van der Waals surface area contributed by atoms with Crippen molar-refractivity contribution in [2.75, 3.05) is 6.54 Å². The van der Waals surface area contributed by atoms with Gasteiger partial charge < -0.3 is 10.0 Å². The number of hydrogen-bond acceptors (Lipinski definition) is 2. The molecule has 2 unspecified atom stereocenters. The average Bonchev–Trinajstić information content (AvgIpc) is 2.28. The van der Waals surface area contributed by atoms with Crippen LogP contribution in [-0.4, -0.2) is 34.6 Å². The lowest BCUT2D eigenvalue weighted by atomic mass is 10.0. The van der Waals surface area contributed by atoms with Crippen molar-refractivity contribution in [2.45, 2.75) is 45.8 Å². The van der Waals surface area contributed by atoms with E-state index in [4.69, 9.17) is 0 Å². The van der Waals surface area contributed by atoms with Crippen molar-refractivity contribution in [3.05, 3.63) is 0 Å². The number of aliphatic hydroxyl groups excluding tert-OH is 1. The minimum Gasteiger partial charge on any atom is -0.391 e. The normalized spacial score (nSPS) is 25.8. The first-order valence-electron chi connectivity index (χ1n) is 4.98. The van der Waals surface area contributed by atoms with Crippen LogP contribution in [-0.2, 0) is 4.79 Å². The van der Waals surface area contributed by atoms with E-state index in [-0.39, 0.29) is 11.9 Å². The predicted molar refractivity (Wildman–Crippen MR) is 51.3 cm³/mol. The maximum Gasteiger partial charge on any atom is 0.225 e. The maximum atomic E-state index is 11.4. The van der Waals surface area contributed by atoms with E-state index in [1.807, 2.05) is 0 Å². The molecule has 0 aromatic heterocycles. The molecule has 0 radical (unpaired) electrons. The molecule has 1 fully saturated rings. The molecule has 1 heterocycles. The molecule has 0 bridgehead atoms. The molecule has 1 aliphatic rings. The smallest absolute Gasteiger partial charge is 0.225 e. The van der Waals surface area contributed by atoms with Crippen LogP contribution in [0, 0.1) is 5.92 Å². The number of rotatable bonds is 3. The molecule has 3 heteroatoms. The molecular weight excluding hydrogens is 166 g/mol. The van der Waals surface area contributed by atoms with Gasteiger partial charge in [-0.3, -0.25) is 4.79 Å². The Labute approximate surface area is 79.7 Å². The molecule has 0 spiro atoms. The van der Waals surface area contributed by atoms with Gasteiger partial charge in [-0.25, -0.2) is 0 Å². The van der Waals surface area contributed by atoms with Gasteiger partial charge in [-0.1, -0.05) is 13.8 Å². The van der Waals surface area contributed by atoms with E-state index in [0.29, 0.717) is 18.9 Å². The molecule has 0 saturated carbocycles. The van der Waals surface area contributed by atoms with Crippen LogP contribution in [0.2, 0.25) is 0 Å². The summed E-state index contributed by atoms with van der Waals surface area (Å²) in [5, 5.41) is 9.29. The van der Waals surface area contributed by atoms with Crippen LogP contribution in [0.4, 0.5) is 0 Å². The number of nitrogens with zero attached hydrogens (tertiary/aromatic N) is 1. The molecule has 1 rings (SSSR count). The first-order valence-corrected chi connectivity index (χ1v) is 4.98. The van der Waals surface area contributed by atoms with Gasteiger partial charge in [0.05, 0.1) is 12.5 Å². The third-order valence-corrected chi connectivity index (χ3v) is 2.48. The molecule has 2 atom stereocenters. The number of hydrogen-bond donors (Lipinski definition) is 1. The van der Waals surface area contributed by atoms with Crippen molar-refractivity contribution in [1.82, 2.24) is 4.90 Å². The maximum absolute atomic E-state index is 11.4. The zero-order valence-electron chi connectivity index (χ0n) is 8.66. The third-order valence-electron chi connectivity index (χ3n) is 2.48. The second kappa shape index (κ2) is 4.09. The Kier molecular flexibility index (Phi) is 3.31. The zero-order chi connectivity index (χ0) is 10.0. The van der Waals surface area contributed by atoms with Crippen LogP contribution in [0.3, 0.4) is 0 Å². The summed E-state index contributed by atoms with van der Waals surface area (Å²) in [6.07, 6.45) is 0.878. The van der Waals surface area contributed by atoms with Gasteiger partial charge in [0.2, 0.25) is 5.91 Å². The topological polar surface area (TPSA) is 40.5 Å². The fourth-order valence-corrected chi connectivity index (χ4v) is 1.95. The summed E-state index contributed by atoms with van der Waals surface area (Å²) in [6.45, 7) is 6.86. The number of carbonyl (C=O) groups excluding carboxylic acids is 1. The molecule has 1 saturated heterocycles. The summed E-state index contributed by atoms with van der Waals surface area (Å²) in [7, 11) is 0. The highest BCUT2D eigenvalue weighted by atomic mass is 16.3. The second-order valence-electron chi connectivity index (χ2n) is 4.38. The van der Waals surface area contributed by atoms with Gasteiger partial charge in [0, 0.05) is 12.6 Å². The quantitative estimate of drug-likeness (QED) is 0.713. The number of carbonyl (C=O) groups is 1. The molecule has 1 N–H and O–H groups in total. The molecule has 1 amide bonds. The van der Waals surface area contributed by atoms with Crippen LogP contribution in [0.25, 0.3) is 0 Å². The van der Waals surface area contributed by atoms with Gasteiger partial charge in [-0.05, 0) is 19.3 Å². The van der Waals surface area contributed by atoms with Crippen molar-refractivity contribution >= 4 is 5.91 Å². The molecule has 1 aliphatic heterocycles. The van der Waals surface area contributed by atoms with E-state index in [1.54, 1.807) is 4.90 Å². The molecule has 0 aliphatic carbocycles. The Balaban J connectivity index is 2.47. The Bertz CT molecular complexity index is 191. The highest BCUT2D eigenvalue weighted by Crippen LogP contribution is 2.18. The van der Waals surface area contributed by atoms with Gasteiger partial charge in [0.1, 0.15) is 0 Å². The third kappa shape index (κ3) is 2.69. The van der Waals surface area contributed by atoms with E-state index in [1.165, 1.54) is 0 Å². The standard InChI is InChI=1S/C10H19NO2/c1-7(2)4-8(3)11-6-9(12)5-10(11)13/h7-9,12H,4-6H2,1-3H3. The van der Waals surface area contributed by atoms with Crippen LogP contribution in [0.5, 0.6) is 0 Å². The van der Waals surface area contributed by atoms with E-state index in [9.17, 15) is 9.90 Å². The number of likely N-dealkylation sites (tertiary alicyclic amines) is 1. The lowest BCUT2D eigenvalue weighted by Gasteiger charge is -2.25. The summed E-state index contributed by atoms with van der Waals surface area (Å²) in [6, 6.07) is 0.268. The lowest BCUT2D eigenvalue weighted by Crippen LogP contribution is -2.35. The van der Waals surface area contributed by atoms with E-state index in [2.05, 4.69) is 20.8 Å².